The normalized spacial score (nSPS) is 11.4. The fourth-order valence-corrected chi connectivity index (χ4v) is 1.77. The van der Waals surface area contributed by atoms with Crippen molar-refractivity contribution in [1.29, 1.82) is 0 Å². The van der Waals surface area contributed by atoms with Crippen LogP contribution in [0.1, 0.15) is 38.3 Å². The van der Waals surface area contributed by atoms with Crippen molar-refractivity contribution in [3.63, 3.8) is 0 Å². The lowest BCUT2D eigenvalue weighted by atomic mass is 10.1. The van der Waals surface area contributed by atoms with Gasteiger partial charge in [-0.2, -0.15) is 0 Å². The first-order valence-corrected chi connectivity index (χ1v) is 6.65. The Hall–Kier alpha value is -1.46. The van der Waals surface area contributed by atoms with E-state index in [0.717, 1.165) is 10.6 Å². The zero-order chi connectivity index (χ0) is 15.2. The molecule has 0 unspecified atom stereocenters. The second-order valence-electron chi connectivity index (χ2n) is 5.64. The van der Waals surface area contributed by atoms with Crippen LogP contribution >= 0.6 is 0 Å². The summed E-state index contributed by atoms with van der Waals surface area (Å²) in [4.78, 5) is 16.4. The zero-order valence-electron chi connectivity index (χ0n) is 12.2. The van der Waals surface area contributed by atoms with Gasteiger partial charge in [-0.25, -0.2) is 9.45 Å². The van der Waals surface area contributed by atoms with Gasteiger partial charge in [-0.1, -0.05) is 12.1 Å². The molecule has 4 nitrogen and oxygen atoms in total. The SMILES string of the molecule is CC(C)(C)ON(C=O)Cc1ccc(CCCO)cc1F. The number of aryl methyl sites for hydroxylation is 1. The Kier molecular flexibility index (Phi) is 6.10. The van der Waals surface area contributed by atoms with Crippen LogP contribution in [0.3, 0.4) is 0 Å². The fraction of sp³-hybridized carbons (Fsp3) is 0.533. The van der Waals surface area contributed by atoms with E-state index in [1.165, 1.54) is 6.07 Å². The standard InChI is InChI=1S/C15H22FNO3/c1-15(2,3)20-17(11-19)10-13-7-6-12(5-4-8-18)9-14(13)16/h6-7,9,11,18H,4-5,8,10H2,1-3H3. The smallest absolute Gasteiger partial charge is 0.233 e. The van der Waals surface area contributed by atoms with Gasteiger partial charge < -0.3 is 5.11 Å². The third-order valence-corrected chi connectivity index (χ3v) is 2.58. The van der Waals surface area contributed by atoms with Crippen molar-refractivity contribution in [3.05, 3.63) is 35.1 Å². The fourth-order valence-electron chi connectivity index (χ4n) is 1.77. The summed E-state index contributed by atoms with van der Waals surface area (Å²) < 4.78 is 13.9. The van der Waals surface area contributed by atoms with Crippen LogP contribution in [0.5, 0.6) is 0 Å². The van der Waals surface area contributed by atoms with Crippen molar-refractivity contribution >= 4 is 6.41 Å². The summed E-state index contributed by atoms with van der Waals surface area (Å²) in [5.74, 6) is -0.371. The highest BCUT2D eigenvalue weighted by Gasteiger charge is 2.17. The molecule has 1 rings (SSSR count). The average molecular weight is 283 g/mol. The van der Waals surface area contributed by atoms with E-state index >= 15 is 0 Å². The van der Waals surface area contributed by atoms with Crippen LogP contribution < -0.4 is 0 Å². The van der Waals surface area contributed by atoms with Crippen LogP contribution in [-0.2, 0) is 22.6 Å². The molecule has 0 atom stereocenters. The number of aliphatic hydroxyl groups excluding tert-OH is 1. The van der Waals surface area contributed by atoms with Gasteiger partial charge in [0.2, 0.25) is 6.41 Å². The molecule has 0 aliphatic carbocycles. The third kappa shape index (κ3) is 5.67. The monoisotopic (exact) mass is 283 g/mol. The number of hydrogen-bond donors (Lipinski definition) is 1. The first kappa shape index (κ1) is 16.6. The molecule has 0 bridgehead atoms. The number of aliphatic hydroxyl groups is 1. The lowest BCUT2D eigenvalue weighted by Crippen LogP contribution is -2.32. The molecule has 0 aliphatic heterocycles. The number of hydroxylamine groups is 2. The molecule has 1 N–H and O–H groups in total. The van der Waals surface area contributed by atoms with E-state index in [-0.39, 0.29) is 19.0 Å². The maximum absolute atomic E-state index is 13.9. The minimum Gasteiger partial charge on any atom is -0.396 e. The summed E-state index contributed by atoms with van der Waals surface area (Å²) in [7, 11) is 0. The minimum absolute atomic E-state index is 0.0624. The maximum atomic E-state index is 13.9. The van der Waals surface area contributed by atoms with E-state index < -0.39 is 5.60 Å². The Morgan fingerprint density at radius 2 is 2.10 bits per heavy atom. The third-order valence-electron chi connectivity index (χ3n) is 2.58. The van der Waals surface area contributed by atoms with Crippen LogP contribution in [0.25, 0.3) is 0 Å². The van der Waals surface area contributed by atoms with E-state index in [4.69, 9.17) is 9.94 Å². The molecular weight excluding hydrogens is 261 g/mol. The number of carbonyl (C=O) groups excluding carboxylic acids is 1. The highest BCUT2D eigenvalue weighted by atomic mass is 19.1. The van der Waals surface area contributed by atoms with E-state index in [1.807, 2.05) is 20.8 Å². The molecule has 0 spiro atoms. The molecule has 0 aromatic heterocycles. The Morgan fingerprint density at radius 1 is 1.40 bits per heavy atom. The lowest BCUT2D eigenvalue weighted by molar-refractivity contribution is -0.220. The number of benzene rings is 1. The van der Waals surface area contributed by atoms with Gasteiger partial charge in [0.15, 0.2) is 0 Å². The Morgan fingerprint density at radius 3 is 2.60 bits per heavy atom. The first-order valence-electron chi connectivity index (χ1n) is 6.65. The summed E-state index contributed by atoms with van der Waals surface area (Å²) in [5, 5.41) is 9.84. The molecule has 112 valence electrons. The van der Waals surface area contributed by atoms with Crippen molar-refractivity contribution in [2.45, 2.75) is 45.8 Å². The van der Waals surface area contributed by atoms with Crippen molar-refractivity contribution in [2.75, 3.05) is 6.61 Å². The number of nitrogens with zero attached hydrogens (tertiary/aromatic N) is 1. The Labute approximate surface area is 119 Å². The molecule has 0 aliphatic rings. The van der Waals surface area contributed by atoms with Crippen molar-refractivity contribution in [3.8, 4) is 0 Å². The van der Waals surface area contributed by atoms with Gasteiger partial charge in [0.25, 0.3) is 0 Å². The Bertz CT molecular complexity index is 443. The maximum Gasteiger partial charge on any atom is 0.233 e. The van der Waals surface area contributed by atoms with Crippen LogP contribution in [0.4, 0.5) is 4.39 Å². The second-order valence-corrected chi connectivity index (χ2v) is 5.64. The molecule has 0 saturated carbocycles. The average Bonchev–Trinajstić information content (AvgIpc) is 2.36. The molecule has 1 aromatic carbocycles. The summed E-state index contributed by atoms with van der Waals surface area (Å²) in [6.45, 7) is 5.60. The van der Waals surface area contributed by atoms with Gasteiger partial charge in [0.05, 0.1) is 12.1 Å². The topological polar surface area (TPSA) is 49.8 Å². The van der Waals surface area contributed by atoms with Gasteiger partial charge in [-0.3, -0.25) is 9.63 Å². The van der Waals surface area contributed by atoms with Crippen LogP contribution in [0.2, 0.25) is 0 Å². The molecule has 20 heavy (non-hydrogen) atoms. The van der Waals surface area contributed by atoms with Crippen molar-refractivity contribution in [2.24, 2.45) is 0 Å². The van der Waals surface area contributed by atoms with E-state index in [1.54, 1.807) is 12.1 Å². The van der Waals surface area contributed by atoms with Gasteiger partial charge in [0.1, 0.15) is 5.82 Å². The second kappa shape index (κ2) is 7.36. The summed E-state index contributed by atoms with van der Waals surface area (Å²) >= 11 is 0. The quantitative estimate of drug-likeness (QED) is 0.617. The van der Waals surface area contributed by atoms with Gasteiger partial charge >= 0.3 is 0 Å². The van der Waals surface area contributed by atoms with Crippen molar-refractivity contribution in [1.82, 2.24) is 5.06 Å². The number of amides is 1. The zero-order valence-corrected chi connectivity index (χ0v) is 12.2. The minimum atomic E-state index is -0.515. The van der Waals surface area contributed by atoms with Crippen LogP contribution in [0, 0.1) is 5.82 Å². The molecule has 0 radical (unpaired) electrons. The molecule has 0 saturated heterocycles. The predicted molar refractivity (Wildman–Crippen MR) is 74.3 cm³/mol. The molecule has 1 aromatic rings. The van der Waals surface area contributed by atoms with Gasteiger partial charge in [0, 0.05) is 12.2 Å². The highest BCUT2D eigenvalue weighted by Crippen LogP contribution is 2.16. The van der Waals surface area contributed by atoms with E-state index in [0.29, 0.717) is 24.8 Å². The summed E-state index contributed by atoms with van der Waals surface area (Å²) in [6, 6.07) is 4.88. The molecule has 5 heteroatoms. The molecule has 0 heterocycles. The number of hydrogen-bond acceptors (Lipinski definition) is 3. The van der Waals surface area contributed by atoms with E-state index in [9.17, 15) is 9.18 Å². The largest absolute Gasteiger partial charge is 0.396 e. The number of rotatable bonds is 7. The molecule has 1 amide bonds. The van der Waals surface area contributed by atoms with Crippen molar-refractivity contribution < 1.29 is 19.1 Å². The molecular formula is C15H22FNO3. The van der Waals surface area contributed by atoms with Gasteiger partial charge in [-0.15, -0.1) is 0 Å². The summed E-state index contributed by atoms with van der Waals surface area (Å²) in [5.41, 5.74) is 0.710. The number of halogens is 1. The van der Waals surface area contributed by atoms with E-state index in [2.05, 4.69) is 0 Å². The van der Waals surface area contributed by atoms with Crippen LogP contribution in [-0.4, -0.2) is 28.8 Å². The van der Waals surface area contributed by atoms with Gasteiger partial charge in [-0.05, 0) is 45.2 Å². The molecule has 0 fully saturated rings. The first-order chi connectivity index (χ1) is 9.35. The highest BCUT2D eigenvalue weighted by molar-refractivity contribution is 5.45. The lowest BCUT2D eigenvalue weighted by Gasteiger charge is -2.26. The Balaban J connectivity index is 2.73. The number of carbonyl (C=O) groups is 1. The summed E-state index contributed by atoms with van der Waals surface area (Å²) in [6.07, 6.45) is 1.78. The predicted octanol–water partition coefficient (Wildman–Crippen LogP) is 2.44. The van der Waals surface area contributed by atoms with Crippen LogP contribution in [0.15, 0.2) is 18.2 Å².